The van der Waals surface area contributed by atoms with Crippen molar-refractivity contribution in [1.29, 1.82) is 0 Å². The molecule has 1 aliphatic rings. The number of nitrogens with zero attached hydrogens (tertiary/aromatic N) is 2. The second-order valence-corrected chi connectivity index (χ2v) is 5.48. The summed E-state index contributed by atoms with van der Waals surface area (Å²) in [5.41, 5.74) is 5.63. The van der Waals surface area contributed by atoms with Gasteiger partial charge >= 0.3 is 0 Å². The van der Waals surface area contributed by atoms with Crippen LogP contribution in [0.25, 0.3) is 0 Å². The van der Waals surface area contributed by atoms with Crippen LogP contribution in [0, 0.1) is 0 Å². The first-order chi connectivity index (χ1) is 10.6. The van der Waals surface area contributed by atoms with Crippen LogP contribution in [0.15, 0.2) is 24.3 Å². The Hall–Kier alpha value is -1.50. The highest BCUT2D eigenvalue weighted by Crippen LogP contribution is 2.18. The van der Waals surface area contributed by atoms with E-state index in [1.54, 1.807) is 14.0 Å². The smallest absolute Gasteiger partial charge is 0.239 e. The van der Waals surface area contributed by atoms with Gasteiger partial charge in [0.2, 0.25) is 5.91 Å². The van der Waals surface area contributed by atoms with Crippen molar-refractivity contribution in [2.24, 2.45) is 5.73 Å². The fourth-order valence-corrected chi connectivity index (χ4v) is 2.46. The number of rotatable bonds is 6. The van der Waals surface area contributed by atoms with E-state index in [1.807, 2.05) is 29.2 Å². The maximum Gasteiger partial charge on any atom is 0.239 e. The van der Waals surface area contributed by atoms with Crippen molar-refractivity contribution in [3.8, 4) is 11.5 Å². The van der Waals surface area contributed by atoms with Crippen molar-refractivity contribution >= 4 is 18.3 Å². The molecule has 23 heavy (non-hydrogen) atoms. The second kappa shape index (κ2) is 9.60. The van der Waals surface area contributed by atoms with Gasteiger partial charge in [-0.25, -0.2) is 0 Å². The van der Waals surface area contributed by atoms with E-state index >= 15 is 0 Å². The minimum Gasteiger partial charge on any atom is -0.497 e. The first-order valence-electron chi connectivity index (χ1n) is 7.63. The van der Waals surface area contributed by atoms with Crippen LogP contribution < -0.4 is 15.2 Å². The van der Waals surface area contributed by atoms with Crippen molar-refractivity contribution in [3.63, 3.8) is 0 Å². The van der Waals surface area contributed by atoms with Crippen LogP contribution in [0.2, 0.25) is 0 Å². The Morgan fingerprint density at radius 2 is 1.91 bits per heavy atom. The third-order valence-electron chi connectivity index (χ3n) is 3.79. The summed E-state index contributed by atoms with van der Waals surface area (Å²) in [6.45, 7) is 6.39. The Bertz CT molecular complexity index is 491. The zero-order chi connectivity index (χ0) is 15.9. The molecular weight excluding hydrogens is 318 g/mol. The largest absolute Gasteiger partial charge is 0.497 e. The van der Waals surface area contributed by atoms with E-state index in [0.717, 1.165) is 44.2 Å². The zero-order valence-corrected chi connectivity index (χ0v) is 14.6. The fraction of sp³-hybridized carbons (Fsp3) is 0.562. The van der Waals surface area contributed by atoms with Crippen LogP contribution in [-0.2, 0) is 4.79 Å². The van der Waals surface area contributed by atoms with Crippen molar-refractivity contribution in [1.82, 2.24) is 9.80 Å². The third-order valence-corrected chi connectivity index (χ3v) is 3.79. The maximum absolute atomic E-state index is 11.8. The predicted molar refractivity (Wildman–Crippen MR) is 92.4 cm³/mol. The van der Waals surface area contributed by atoms with Gasteiger partial charge in [0, 0.05) is 38.8 Å². The average molecular weight is 344 g/mol. The van der Waals surface area contributed by atoms with E-state index < -0.39 is 6.04 Å². The molecule has 2 N–H and O–H groups in total. The lowest BCUT2D eigenvalue weighted by Gasteiger charge is -2.35. The molecule has 2 rings (SSSR count). The molecule has 0 saturated carbocycles. The van der Waals surface area contributed by atoms with Gasteiger partial charge in [0.1, 0.15) is 18.1 Å². The van der Waals surface area contributed by atoms with E-state index in [1.165, 1.54) is 0 Å². The summed E-state index contributed by atoms with van der Waals surface area (Å²) < 4.78 is 10.9. The fourth-order valence-electron chi connectivity index (χ4n) is 2.46. The van der Waals surface area contributed by atoms with Gasteiger partial charge in [0.15, 0.2) is 0 Å². The molecule has 1 saturated heterocycles. The van der Waals surface area contributed by atoms with Gasteiger partial charge in [0.25, 0.3) is 0 Å². The number of hydrogen-bond acceptors (Lipinski definition) is 5. The van der Waals surface area contributed by atoms with Crippen molar-refractivity contribution in [2.45, 2.75) is 13.0 Å². The summed E-state index contributed by atoms with van der Waals surface area (Å²) in [5.74, 6) is 1.64. The van der Waals surface area contributed by atoms with Gasteiger partial charge in [-0.2, -0.15) is 0 Å². The number of hydrogen-bond donors (Lipinski definition) is 1. The van der Waals surface area contributed by atoms with Gasteiger partial charge in [-0.1, -0.05) is 6.07 Å². The number of benzene rings is 1. The first kappa shape index (κ1) is 19.5. The molecule has 1 unspecified atom stereocenters. The highest BCUT2D eigenvalue weighted by Gasteiger charge is 2.22. The second-order valence-electron chi connectivity index (χ2n) is 5.48. The molecule has 1 amide bonds. The standard InChI is InChI=1S/C16H25N3O3.ClH/c1-13(17)16(20)19-8-6-18(7-9-19)10-11-22-15-5-3-4-14(12-15)21-2;/h3-5,12-13H,6-11,17H2,1-2H3;1H. The number of carbonyl (C=O) groups excluding carboxylic acids is 1. The van der Waals surface area contributed by atoms with Crippen molar-refractivity contribution in [2.75, 3.05) is 46.4 Å². The highest BCUT2D eigenvalue weighted by molar-refractivity contribution is 5.85. The Morgan fingerprint density at radius 1 is 1.26 bits per heavy atom. The number of carbonyl (C=O) groups is 1. The SMILES string of the molecule is COc1cccc(OCCN2CCN(C(=O)C(C)N)CC2)c1.Cl. The van der Waals surface area contributed by atoms with E-state index in [-0.39, 0.29) is 18.3 Å². The molecule has 1 atom stereocenters. The van der Waals surface area contributed by atoms with E-state index in [0.29, 0.717) is 6.61 Å². The topological polar surface area (TPSA) is 68.0 Å². The van der Waals surface area contributed by atoms with Gasteiger partial charge in [0.05, 0.1) is 13.2 Å². The van der Waals surface area contributed by atoms with Gasteiger partial charge < -0.3 is 20.1 Å². The molecule has 1 heterocycles. The molecular formula is C16H26ClN3O3. The molecule has 0 spiro atoms. The predicted octanol–water partition coefficient (Wildman–Crippen LogP) is 0.987. The molecule has 130 valence electrons. The lowest BCUT2D eigenvalue weighted by atomic mass is 10.2. The van der Waals surface area contributed by atoms with E-state index in [4.69, 9.17) is 15.2 Å². The van der Waals surface area contributed by atoms with Crippen molar-refractivity contribution < 1.29 is 14.3 Å². The van der Waals surface area contributed by atoms with Crippen LogP contribution in [-0.4, -0.2) is 68.2 Å². The van der Waals surface area contributed by atoms with E-state index in [2.05, 4.69) is 4.90 Å². The van der Waals surface area contributed by atoms with Crippen LogP contribution >= 0.6 is 12.4 Å². The number of ether oxygens (including phenoxy) is 2. The van der Waals surface area contributed by atoms with Crippen LogP contribution in [0.5, 0.6) is 11.5 Å². The van der Waals surface area contributed by atoms with Gasteiger partial charge in [-0.15, -0.1) is 12.4 Å². The van der Waals surface area contributed by atoms with Crippen molar-refractivity contribution in [3.05, 3.63) is 24.3 Å². The number of nitrogens with two attached hydrogens (primary N) is 1. The maximum atomic E-state index is 11.8. The summed E-state index contributed by atoms with van der Waals surface area (Å²) >= 11 is 0. The number of amides is 1. The lowest BCUT2D eigenvalue weighted by Crippen LogP contribution is -2.53. The quantitative estimate of drug-likeness (QED) is 0.834. The van der Waals surface area contributed by atoms with Crippen LogP contribution in [0.4, 0.5) is 0 Å². The Balaban J connectivity index is 0.00000264. The monoisotopic (exact) mass is 343 g/mol. The summed E-state index contributed by atoms with van der Waals surface area (Å²) in [6, 6.07) is 7.18. The van der Waals surface area contributed by atoms with Crippen LogP contribution in [0.3, 0.4) is 0 Å². The molecule has 0 aromatic heterocycles. The molecule has 0 aliphatic carbocycles. The summed E-state index contributed by atoms with van der Waals surface area (Å²) in [7, 11) is 1.64. The lowest BCUT2D eigenvalue weighted by molar-refractivity contribution is -0.133. The third kappa shape index (κ3) is 5.89. The molecule has 1 aromatic rings. The Kier molecular flexibility index (Phi) is 8.16. The number of halogens is 1. The van der Waals surface area contributed by atoms with Gasteiger partial charge in [-0.3, -0.25) is 9.69 Å². The molecule has 7 heteroatoms. The summed E-state index contributed by atoms with van der Waals surface area (Å²) in [6.07, 6.45) is 0. The average Bonchev–Trinajstić information content (AvgIpc) is 2.55. The highest BCUT2D eigenvalue weighted by atomic mass is 35.5. The zero-order valence-electron chi connectivity index (χ0n) is 13.7. The van der Waals surface area contributed by atoms with Crippen LogP contribution in [0.1, 0.15) is 6.92 Å². The molecule has 0 radical (unpaired) electrons. The Morgan fingerprint density at radius 3 is 2.52 bits per heavy atom. The number of methoxy groups -OCH3 is 1. The minimum atomic E-state index is -0.414. The van der Waals surface area contributed by atoms with Gasteiger partial charge in [-0.05, 0) is 19.1 Å². The minimum absolute atomic E-state index is 0. The molecule has 0 bridgehead atoms. The molecule has 1 fully saturated rings. The molecule has 6 nitrogen and oxygen atoms in total. The summed E-state index contributed by atoms with van der Waals surface area (Å²) in [5, 5.41) is 0. The van der Waals surface area contributed by atoms with E-state index in [9.17, 15) is 4.79 Å². The Labute approximate surface area is 143 Å². The molecule has 1 aromatic carbocycles. The number of piperazine rings is 1. The summed E-state index contributed by atoms with van der Waals surface area (Å²) in [4.78, 5) is 15.9. The molecule has 1 aliphatic heterocycles. The first-order valence-corrected chi connectivity index (χ1v) is 7.63. The normalized spacial score (nSPS) is 16.4.